The van der Waals surface area contributed by atoms with Gasteiger partial charge in [0.2, 0.25) is 0 Å². The van der Waals surface area contributed by atoms with Crippen molar-refractivity contribution in [1.29, 1.82) is 0 Å². The predicted molar refractivity (Wildman–Crippen MR) is 74.2 cm³/mol. The van der Waals surface area contributed by atoms with Gasteiger partial charge in [0.1, 0.15) is 5.82 Å². The van der Waals surface area contributed by atoms with E-state index in [4.69, 9.17) is 22.1 Å². The van der Waals surface area contributed by atoms with Crippen molar-refractivity contribution in [3.63, 3.8) is 0 Å². The number of hydrogen-bond donors (Lipinski definition) is 1. The van der Waals surface area contributed by atoms with Gasteiger partial charge in [0, 0.05) is 25.9 Å². The summed E-state index contributed by atoms with van der Waals surface area (Å²) in [4.78, 5) is 18.0. The minimum absolute atomic E-state index is 0.0888. The molecule has 0 aromatic carbocycles. The maximum Gasteiger partial charge on any atom is 0.255 e. The molecule has 0 aliphatic carbocycles. The quantitative estimate of drug-likeness (QED) is 0.921. The summed E-state index contributed by atoms with van der Waals surface area (Å²) in [5.74, 6) is 0.214. The highest BCUT2D eigenvalue weighted by atomic mass is 35.5. The van der Waals surface area contributed by atoms with Crippen LogP contribution in [0.25, 0.3) is 0 Å². The molecule has 1 fully saturated rings. The van der Waals surface area contributed by atoms with Crippen molar-refractivity contribution in [3.8, 4) is 0 Å². The van der Waals surface area contributed by atoms with E-state index < -0.39 is 0 Å². The van der Waals surface area contributed by atoms with Crippen molar-refractivity contribution in [2.24, 2.45) is 0 Å². The van der Waals surface area contributed by atoms with Gasteiger partial charge in [-0.05, 0) is 25.8 Å². The highest BCUT2D eigenvalue weighted by Gasteiger charge is 2.25. The van der Waals surface area contributed by atoms with Crippen LogP contribution in [0.4, 0.5) is 5.82 Å². The maximum atomic E-state index is 12.4. The zero-order valence-corrected chi connectivity index (χ0v) is 11.7. The zero-order valence-electron chi connectivity index (χ0n) is 10.9. The van der Waals surface area contributed by atoms with Gasteiger partial charge in [-0.2, -0.15) is 0 Å². The minimum atomic E-state index is -0.0888. The van der Waals surface area contributed by atoms with Gasteiger partial charge in [-0.3, -0.25) is 4.79 Å². The fraction of sp³-hybridized carbons (Fsp3) is 0.538. The highest BCUT2D eigenvalue weighted by molar-refractivity contribution is 6.33. The van der Waals surface area contributed by atoms with E-state index in [0.29, 0.717) is 36.1 Å². The molecule has 0 bridgehead atoms. The molecule has 1 aliphatic rings. The molecule has 0 spiro atoms. The van der Waals surface area contributed by atoms with E-state index in [9.17, 15) is 4.79 Å². The summed E-state index contributed by atoms with van der Waals surface area (Å²) in [5, 5.41) is 0.339. The van der Waals surface area contributed by atoms with Gasteiger partial charge in [-0.1, -0.05) is 11.6 Å². The molecule has 104 valence electrons. The summed E-state index contributed by atoms with van der Waals surface area (Å²) >= 11 is 6.00. The molecule has 1 aliphatic heterocycles. The molecule has 2 rings (SSSR count). The number of ether oxygens (including phenoxy) is 1. The lowest BCUT2D eigenvalue weighted by atomic mass is 10.1. The summed E-state index contributed by atoms with van der Waals surface area (Å²) in [5.41, 5.74) is 6.02. The van der Waals surface area contributed by atoms with E-state index in [2.05, 4.69) is 4.98 Å². The Bertz CT molecular complexity index is 459. The number of piperidine rings is 1. The third-order valence-electron chi connectivity index (χ3n) is 3.24. The first-order chi connectivity index (χ1) is 9.11. The second kappa shape index (κ2) is 6.21. The van der Waals surface area contributed by atoms with Gasteiger partial charge < -0.3 is 15.4 Å². The number of hydrogen-bond acceptors (Lipinski definition) is 4. The molecule has 6 heteroatoms. The molecule has 0 unspecified atom stereocenters. The summed E-state index contributed by atoms with van der Waals surface area (Å²) in [6.07, 6.45) is 3.39. The molecule has 5 nitrogen and oxygen atoms in total. The first-order valence-corrected chi connectivity index (χ1v) is 6.81. The molecule has 0 radical (unpaired) electrons. The Hall–Kier alpha value is -1.33. The van der Waals surface area contributed by atoms with Crippen molar-refractivity contribution < 1.29 is 9.53 Å². The number of pyridine rings is 1. The normalized spacial score (nSPS) is 16.6. The molecule has 1 amide bonds. The number of carbonyl (C=O) groups excluding carboxylic acids is 1. The van der Waals surface area contributed by atoms with Crippen LogP contribution < -0.4 is 5.73 Å². The average Bonchev–Trinajstić information content (AvgIpc) is 2.42. The van der Waals surface area contributed by atoms with Gasteiger partial charge in [0.05, 0.1) is 16.7 Å². The largest absolute Gasteiger partial charge is 0.384 e. The topological polar surface area (TPSA) is 68.5 Å². The lowest BCUT2D eigenvalue weighted by molar-refractivity contribution is 0.0146. The smallest absolute Gasteiger partial charge is 0.255 e. The standard InChI is InChI=1S/C13H18ClN3O2/c1-2-19-9-3-5-17(6-4-9)13(18)10-7-12(15)16-8-11(10)14/h7-9H,2-6H2,1H3,(H2,15,16). The van der Waals surface area contributed by atoms with E-state index in [1.807, 2.05) is 6.92 Å². The van der Waals surface area contributed by atoms with E-state index in [1.54, 1.807) is 4.90 Å². The van der Waals surface area contributed by atoms with Crippen LogP contribution in [0.3, 0.4) is 0 Å². The van der Waals surface area contributed by atoms with Crippen LogP contribution in [-0.4, -0.2) is 41.6 Å². The van der Waals surface area contributed by atoms with Gasteiger partial charge in [0.25, 0.3) is 5.91 Å². The second-order valence-corrected chi connectivity index (χ2v) is 4.94. The molecule has 0 atom stereocenters. The fourth-order valence-corrected chi connectivity index (χ4v) is 2.43. The Labute approximate surface area is 117 Å². The molecule has 2 heterocycles. The molecule has 1 saturated heterocycles. The van der Waals surface area contributed by atoms with E-state index in [0.717, 1.165) is 12.8 Å². The van der Waals surface area contributed by atoms with Crippen LogP contribution in [-0.2, 0) is 4.74 Å². The number of anilines is 1. The Morgan fingerprint density at radius 3 is 2.89 bits per heavy atom. The summed E-state index contributed by atoms with van der Waals surface area (Å²) in [6, 6.07) is 1.53. The SMILES string of the molecule is CCOC1CCN(C(=O)c2cc(N)ncc2Cl)CC1. The Morgan fingerprint density at radius 1 is 1.58 bits per heavy atom. The van der Waals surface area contributed by atoms with Crippen LogP contribution in [0.15, 0.2) is 12.3 Å². The Balaban J connectivity index is 2.03. The molecule has 1 aromatic rings. The number of amides is 1. The zero-order chi connectivity index (χ0) is 13.8. The number of nitrogens with zero attached hydrogens (tertiary/aromatic N) is 2. The lowest BCUT2D eigenvalue weighted by Gasteiger charge is -2.32. The number of carbonyl (C=O) groups is 1. The molecular formula is C13H18ClN3O2. The van der Waals surface area contributed by atoms with Gasteiger partial charge in [-0.25, -0.2) is 4.98 Å². The average molecular weight is 284 g/mol. The number of aromatic nitrogens is 1. The van der Waals surface area contributed by atoms with Crippen LogP contribution in [0.5, 0.6) is 0 Å². The third-order valence-corrected chi connectivity index (χ3v) is 3.54. The molecule has 0 saturated carbocycles. The first kappa shape index (κ1) is 14.1. The van der Waals surface area contributed by atoms with E-state index >= 15 is 0 Å². The van der Waals surface area contributed by atoms with Crippen LogP contribution in [0.2, 0.25) is 5.02 Å². The van der Waals surface area contributed by atoms with Crippen LogP contribution in [0.1, 0.15) is 30.1 Å². The number of halogens is 1. The Kier molecular flexibility index (Phi) is 4.61. The highest BCUT2D eigenvalue weighted by Crippen LogP contribution is 2.21. The van der Waals surface area contributed by atoms with E-state index in [-0.39, 0.29) is 12.0 Å². The van der Waals surface area contributed by atoms with Crippen molar-refractivity contribution in [1.82, 2.24) is 9.88 Å². The molecule has 19 heavy (non-hydrogen) atoms. The van der Waals surface area contributed by atoms with Crippen molar-refractivity contribution >= 4 is 23.3 Å². The van der Waals surface area contributed by atoms with Crippen LogP contribution >= 0.6 is 11.6 Å². The number of nitrogen functional groups attached to an aromatic ring is 1. The number of nitrogens with two attached hydrogens (primary N) is 1. The molecule has 1 aromatic heterocycles. The summed E-state index contributed by atoms with van der Waals surface area (Å²) in [7, 11) is 0. The molecular weight excluding hydrogens is 266 g/mol. The lowest BCUT2D eigenvalue weighted by Crippen LogP contribution is -2.41. The van der Waals surface area contributed by atoms with E-state index in [1.165, 1.54) is 12.3 Å². The third kappa shape index (κ3) is 3.36. The minimum Gasteiger partial charge on any atom is -0.384 e. The fourth-order valence-electron chi connectivity index (χ4n) is 2.25. The number of rotatable bonds is 3. The first-order valence-electron chi connectivity index (χ1n) is 6.43. The Morgan fingerprint density at radius 2 is 2.26 bits per heavy atom. The van der Waals surface area contributed by atoms with Crippen molar-refractivity contribution in [2.75, 3.05) is 25.4 Å². The summed E-state index contributed by atoms with van der Waals surface area (Å²) < 4.78 is 5.57. The van der Waals surface area contributed by atoms with Gasteiger partial charge >= 0.3 is 0 Å². The van der Waals surface area contributed by atoms with Crippen molar-refractivity contribution in [2.45, 2.75) is 25.9 Å². The summed E-state index contributed by atoms with van der Waals surface area (Å²) in [6.45, 7) is 4.06. The monoisotopic (exact) mass is 283 g/mol. The molecule has 2 N–H and O–H groups in total. The van der Waals surface area contributed by atoms with Gasteiger partial charge in [0.15, 0.2) is 0 Å². The number of likely N-dealkylation sites (tertiary alicyclic amines) is 1. The van der Waals surface area contributed by atoms with Gasteiger partial charge in [-0.15, -0.1) is 0 Å². The van der Waals surface area contributed by atoms with Crippen LogP contribution in [0, 0.1) is 0 Å². The maximum absolute atomic E-state index is 12.4. The second-order valence-electron chi connectivity index (χ2n) is 4.54. The van der Waals surface area contributed by atoms with Crippen molar-refractivity contribution in [3.05, 3.63) is 22.8 Å². The predicted octanol–water partition coefficient (Wildman–Crippen LogP) is 1.96.